The average Bonchev–Trinajstić information content (AvgIpc) is 3.14. The first-order valence-electron chi connectivity index (χ1n) is 6.64. The maximum Gasteiger partial charge on any atom is 0.220 e. The summed E-state index contributed by atoms with van der Waals surface area (Å²) in [6.07, 6.45) is 6.57. The molecule has 110 valence electrons. The molecule has 3 aromatic rings. The van der Waals surface area contributed by atoms with Gasteiger partial charge in [-0.1, -0.05) is 0 Å². The summed E-state index contributed by atoms with van der Waals surface area (Å²) in [5.41, 5.74) is 0.871. The van der Waals surface area contributed by atoms with E-state index < -0.39 is 0 Å². The molecule has 0 radical (unpaired) electrons. The number of aryl methyl sites for hydroxylation is 1. The topological polar surface area (TPSA) is 90.0 Å². The maximum absolute atomic E-state index is 11.9. The Labute approximate surface area is 124 Å². The van der Waals surface area contributed by atoms with Gasteiger partial charge in [0.2, 0.25) is 5.91 Å². The first-order chi connectivity index (χ1) is 10.2. The molecule has 0 aliphatic rings. The van der Waals surface area contributed by atoms with E-state index in [-0.39, 0.29) is 11.9 Å². The van der Waals surface area contributed by atoms with E-state index in [0.29, 0.717) is 19.4 Å². The van der Waals surface area contributed by atoms with E-state index in [4.69, 9.17) is 0 Å². The van der Waals surface area contributed by atoms with E-state index in [1.165, 1.54) is 0 Å². The minimum absolute atomic E-state index is 0.00642. The number of thiazole rings is 1. The Kier molecular flexibility index (Phi) is 3.91. The Hall–Kier alpha value is -2.29. The molecule has 0 spiro atoms. The highest BCUT2D eigenvalue weighted by Gasteiger charge is 2.13. The van der Waals surface area contributed by atoms with Gasteiger partial charge in [0.1, 0.15) is 6.33 Å². The van der Waals surface area contributed by atoms with Crippen LogP contribution < -0.4 is 5.32 Å². The fourth-order valence-corrected chi connectivity index (χ4v) is 2.73. The number of hydrogen-bond acceptors (Lipinski definition) is 6. The predicted octanol–water partition coefficient (Wildman–Crippen LogP) is 1.04. The lowest BCUT2D eigenvalue weighted by molar-refractivity contribution is -0.121. The molecular formula is C12H15N7OS. The van der Waals surface area contributed by atoms with Crippen LogP contribution in [0.1, 0.15) is 31.5 Å². The molecule has 1 unspecified atom stereocenters. The van der Waals surface area contributed by atoms with Crippen molar-refractivity contribution in [1.82, 2.24) is 34.9 Å². The summed E-state index contributed by atoms with van der Waals surface area (Å²) in [6, 6.07) is -0.0994. The molecule has 0 aliphatic heterocycles. The molecule has 3 heterocycles. The summed E-state index contributed by atoms with van der Waals surface area (Å²) in [5.74, 6) is 0.00642. The van der Waals surface area contributed by atoms with Gasteiger partial charge in [0.25, 0.3) is 0 Å². The SMILES string of the molecule is CC(NC(=O)CCCn1cnnn1)c1cn2ccsc2n1. The first kappa shape index (κ1) is 13.7. The average molecular weight is 305 g/mol. The minimum atomic E-state index is -0.0994. The molecule has 0 saturated carbocycles. The van der Waals surface area contributed by atoms with Gasteiger partial charge in [0.15, 0.2) is 4.96 Å². The van der Waals surface area contributed by atoms with Crippen LogP contribution in [0, 0.1) is 0 Å². The Morgan fingerprint density at radius 3 is 3.19 bits per heavy atom. The van der Waals surface area contributed by atoms with E-state index in [9.17, 15) is 4.79 Å². The molecule has 9 heteroatoms. The summed E-state index contributed by atoms with van der Waals surface area (Å²) in [4.78, 5) is 17.3. The van der Waals surface area contributed by atoms with E-state index in [1.807, 2.05) is 29.1 Å². The monoisotopic (exact) mass is 305 g/mol. The summed E-state index contributed by atoms with van der Waals surface area (Å²) in [5, 5.41) is 15.8. The van der Waals surface area contributed by atoms with Crippen LogP contribution in [0.15, 0.2) is 24.1 Å². The number of carbonyl (C=O) groups excluding carboxylic acids is 1. The number of nitrogens with one attached hydrogen (secondary N) is 1. The van der Waals surface area contributed by atoms with Crippen LogP contribution in [0.25, 0.3) is 4.96 Å². The lowest BCUT2D eigenvalue weighted by Gasteiger charge is -2.11. The maximum atomic E-state index is 11.9. The van der Waals surface area contributed by atoms with Crippen molar-refractivity contribution in [3.63, 3.8) is 0 Å². The van der Waals surface area contributed by atoms with Crippen LogP contribution in [0.4, 0.5) is 0 Å². The molecule has 0 saturated heterocycles. The summed E-state index contributed by atoms with van der Waals surface area (Å²) >= 11 is 1.57. The second-order valence-corrected chi connectivity index (χ2v) is 5.60. The van der Waals surface area contributed by atoms with Gasteiger partial charge in [0.05, 0.1) is 11.7 Å². The highest BCUT2D eigenvalue weighted by atomic mass is 32.1. The third-order valence-corrected chi connectivity index (χ3v) is 3.89. The van der Waals surface area contributed by atoms with Crippen molar-refractivity contribution in [1.29, 1.82) is 0 Å². The Morgan fingerprint density at radius 2 is 2.43 bits per heavy atom. The molecule has 0 bridgehead atoms. The lowest BCUT2D eigenvalue weighted by Crippen LogP contribution is -2.26. The van der Waals surface area contributed by atoms with Gasteiger partial charge in [-0.15, -0.1) is 16.4 Å². The number of aromatic nitrogens is 6. The van der Waals surface area contributed by atoms with Crippen LogP contribution in [0.2, 0.25) is 0 Å². The van der Waals surface area contributed by atoms with Gasteiger partial charge in [0, 0.05) is 30.7 Å². The number of nitrogens with zero attached hydrogens (tertiary/aromatic N) is 6. The molecule has 0 aromatic carbocycles. The number of carbonyl (C=O) groups is 1. The van der Waals surface area contributed by atoms with Crippen LogP contribution in [-0.4, -0.2) is 35.5 Å². The lowest BCUT2D eigenvalue weighted by atomic mass is 10.2. The zero-order valence-corrected chi connectivity index (χ0v) is 12.3. The zero-order valence-electron chi connectivity index (χ0n) is 11.5. The van der Waals surface area contributed by atoms with Crippen molar-refractivity contribution in [2.24, 2.45) is 0 Å². The highest BCUT2D eigenvalue weighted by Crippen LogP contribution is 2.16. The van der Waals surface area contributed by atoms with Gasteiger partial charge in [-0.05, 0) is 23.8 Å². The molecule has 8 nitrogen and oxygen atoms in total. The zero-order chi connectivity index (χ0) is 14.7. The second-order valence-electron chi connectivity index (χ2n) is 4.72. The van der Waals surface area contributed by atoms with E-state index >= 15 is 0 Å². The van der Waals surface area contributed by atoms with Gasteiger partial charge >= 0.3 is 0 Å². The minimum Gasteiger partial charge on any atom is -0.348 e. The van der Waals surface area contributed by atoms with Gasteiger partial charge in [-0.2, -0.15) is 0 Å². The molecule has 21 heavy (non-hydrogen) atoms. The molecule has 1 N–H and O–H groups in total. The standard InChI is InChI=1S/C12H15N7OS/c1-9(10-7-18-5-6-21-12(18)15-10)14-11(20)3-2-4-19-8-13-16-17-19/h5-9H,2-4H2,1H3,(H,14,20). The van der Waals surface area contributed by atoms with Crippen molar-refractivity contribution >= 4 is 22.2 Å². The largest absolute Gasteiger partial charge is 0.348 e. The van der Waals surface area contributed by atoms with Gasteiger partial charge in [-0.3, -0.25) is 9.20 Å². The molecule has 3 aromatic heterocycles. The Bertz CT molecular complexity index is 688. The summed E-state index contributed by atoms with van der Waals surface area (Å²) in [6.45, 7) is 2.57. The molecule has 0 fully saturated rings. The van der Waals surface area contributed by atoms with E-state index in [2.05, 4.69) is 25.8 Å². The van der Waals surface area contributed by atoms with Crippen molar-refractivity contribution in [2.45, 2.75) is 32.4 Å². The number of rotatable bonds is 6. The van der Waals surface area contributed by atoms with Crippen molar-refractivity contribution in [3.05, 3.63) is 29.8 Å². The molecular weight excluding hydrogens is 290 g/mol. The molecule has 0 aliphatic carbocycles. The van der Waals surface area contributed by atoms with Crippen molar-refractivity contribution in [2.75, 3.05) is 0 Å². The van der Waals surface area contributed by atoms with E-state index in [0.717, 1.165) is 10.7 Å². The van der Waals surface area contributed by atoms with E-state index in [1.54, 1.807) is 22.3 Å². The van der Waals surface area contributed by atoms with Gasteiger partial charge in [-0.25, -0.2) is 9.67 Å². The molecule has 3 rings (SSSR count). The second kappa shape index (κ2) is 6.00. The first-order valence-corrected chi connectivity index (χ1v) is 7.52. The fraction of sp³-hybridized carbons (Fsp3) is 0.417. The van der Waals surface area contributed by atoms with Crippen molar-refractivity contribution < 1.29 is 4.79 Å². The van der Waals surface area contributed by atoms with Crippen LogP contribution in [0.3, 0.4) is 0 Å². The number of tetrazole rings is 1. The normalized spacial score (nSPS) is 12.6. The van der Waals surface area contributed by atoms with Crippen LogP contribution in [-0.2, 0) is 11.3 Å². The number of imidazole rings is 1. The number of amides is 1. The Balaban J connectivity index is 1.48. The van der Waals surface area contributed by atoms with Crippen molar-refractivity contribution in [3.8, 4) is 0 Å². The highest BCUT2D eigenvalue weighted by molar-refractivity contribution is 7.15. The number of fused-ring (bicyclic) bond motifs is 1. The van der Waals surface area contributed by atoms with Crippen LogP contribution >= 0.6 is 11.3 Å². The third-order valence-electron chi connectivity index (χ3n) is 3.12. The van der Waals surface area contributed by atoms with Crippen LogP contribution in [0.5, 0.6) is 0 Å². The molecule has 1 atom stereocenters. The summed E-state index contributed by atoms with van der Waals surface area (Å²) in [7, 11) is 0. The quantitative estimate of drug-likeness (QED) is 0.735. The third kappa shape index (κ3) is 3.24. The van der Waals surface area contributed by atoms with Gasteiger partial charge < -0.3 is 5.32 Å². The fourth-order valence-electron chi connectivity index (χ4n) is 2.03. The smallest absolute Gasteiger partial charge is 0.220 e. The Morgan fingerprint density at radius 1 is 1.52 bits per heavy atom. The molecule has 1 amide bonds. The predicted molar refractivity (Wildman–Crippen MR) is 76.7 cm³/mol. The number of hydrogen-bond donors (Lipinski definition) is 1. The summed E-state index contributed by atoms with van der Waals surface area (Å²) < 4.78 is 3.57.